The van der Waals surface area contributed by atoms with Gasteiger partial charge in [0.2, 0.25) is 0 Å². The molecule has 0 amide bonds. The van der Waals surface area contributed by atoms with Crippen LogP contribution in [0.4, 0.5) is 28.7 Å². The minimum absolute atomic E-state index is 0.625. The van der Waals surface area contributed by atoms with E-state index in [1.54, 1.807) is 0 Å². The maximum absolute atomic E-state index is 5.98. The third-order valence-corrected chi connectivity index (χ3v) is 4.84. The molecule has 1 aromatic heterocycles. The first kappa shape index (κ1) is 21.3. The van der Waals surface area contributed by atoms with E-state index in [2.05, 4.69) is 10.0 Å². The molecule has 4 aromatic rings. The van der Waals surface area contributed by atoms with E-state index in [0.29, 0.717) is 23.0 Å². The Bertz CT molecular complexity index is 1130. The Balaban J connectivity index is 0.00000124. The average molecular weight is 419 g/mol. The summed E-state index contributed by atoms with van der Waals surface area (Å²) in [6.45, 7) is 6.00. The van der Waals surface area contributed by atoms with Gasteiger partial charge in [-0.05, 0) is 73.0 Å². The van der Waals surface area contributed by atoms with Gasteiger partial charge >= 0.3 is 0 Å². The molecule has 0 radical (unpaired) electrons. The molecule has 6 nitrogen and oxygen atoms in total. The molecule has 154 valence electrons. The molecule has 3 aromatic carbocycles. The Morgan fingerprint density at radius 1 is 0.767 bits per heavy atom. The average Bonchev–Trinajstić information content (AvgIpc) is 2.73. The number of hydrogen-bond donors (Lipinski definition) is 4. The number of nitrogen functional groups attached to an aromatic ring is 2. The van der Waals surface area contributed by atoms with Crippen LogP contribution in [0.15, 0.2) is 71.6 Å². The van der Waals surface area contributed by atoms with Crippen LogP contribution in [0.25, 0.3) is 11.0 Å². The number of aromatic nitrogens is 2. The zero-order chi connectivity index (χ0) is 21.5. The zero-order valence-corrected chi connectivity index (χ0v) is 18.1. The fourth-order valence-electron chi connectivity index (χ4n) is 2.87. The van der Waals surface area contributed by atoms with Gasteiger partial charge in [0.05, 0.1) is 11.0 Å². The van der Waals surface area contributed by atoms with Crippen molar-refractivity contribution in [2.45, 2.75) is 25.7 Å². The first-order valence-electron chi connectivity index (χ1n) is 9.76. The van der Waals surface area contributed by atoms with E-state index in [1.165, 1.54) is 11.9 Å². The summed E-state index contributed by atoms with van der Waals surface area (Å²) in [5, 5.41) is 3.34. The first-order valence-corrected chi connectivity index (χ1v) is 10.6. The van der Waals surface area contributed by atoms with Crippen molar-refractivity contribution in [3.05, 3.63) is 72.3 Å². The van der Waals surface area contributed by atoms with E-state index in [4.69, 9.17) is 21.4 Å². The van der Waals surface area contributed by atoms with Crippen molar-refractivity contribution < 1.29 is 0 Å². The lowest BCUT2D eigenvalue weighted by Crippen LogP contribution is -2.03. The fourth-order valence-corrected chi connectivity index (χ4v) is 3.56. The Morgan fingerprint density at radius 3 is 2.13 bits per heavy atom. The lowest BCUT2D eigenvalue weighted by Gasteiger charge is -2.14. The van der Waals surface area contributed by atoms with E-state index >= 15 is 0 Å². The number of aryl methyl sites for hydroxylation is 1. The molecule has 6 N–H and O–H groups in total. The lowest BCUT2D eigenvalue weighted by molar-refractivity contribution is 1.28. The predicted octanol–water partition coefficient (Wildman–Crippen LogP) is 5.99. The van der Waals surface area contributed by atoms with Crippen molar-refractivity contribution in [1.82, 2.24) is 9.97 Å². The Labute approximate surface area is 181 Å². The van der Waals surface area contributed by atoms with Crippen LogP contribution >= 0.6 is 11.9 Å². The molecule has 0 fully saturated rings. The summed E-state index contributed by atoms with van der Waals surface area (Å²) in [5.41, 5.74) is 16.8. The second-order valence-corrected chi connectivity index (χ2v) is 7.32. The van der Waals surface area contributed by atoms with E-state index in [0.717, 1.165) is 27.2 Å². The van der Waals surface area contributed by atoms with Crippen LogP contribution in [0.2, 0.25) is 0 Å². The Hall–Kier alpha value is -3.45. The van der Waals surface area contributed by atoms with Crippen LogP contribution in [0.5, 0.6) is 0 Å². The molecule has 7 heteroatoms. The number of nitrogens with two attached hydrogens (primary N) is 2. The van der Waals surface area contributed by atoms with Gasteiger partial charge in [0.15, 0.2) is 11.6 Å². The third kappa shape index (κ3) is 5.33. The molecule has 0 aliphatic rings. The zero-order valence-electron chi connectivity index (χ0n) is 17.3. The van der Waals surface area contributed by atoms with E-state index in [-0.39, 0.29) is 0 Å². The molecule has 0 saturated heterocycles. The summed E-state index contributed by atoms with van der Waals surface area (Å²) in [6.07, 6.45) is 0. The Morgan fingerprint density at radius 2 is 1.47 bits per heavy atom. The van der Waals surface area contributed by atoms with Gasteiger partial charge in [-0.1, -0.05) is 32.0 Å². The summed E-state index contributed by atoms with van der Waals surface area (Å²) >= 11 is 1.43. The summed E-state index contributed by atoms with van der Waals surface area (Å²) in [7, 11) is 0. The van der Waals surface area contributed by atoms with Crippen LogP contribution in [0, 0.1) is 6.92 Å². The van der Waals surface area contributed by atoms with Crippen molar-refractivity contribution in [2.75, 3.05) is 21.5 Å². The molecule has 1 heterocycles. The highest BCUT2D eigenvalue weighted by Gasteiger charge is 2.10. The summed E-state index contributed by atoms with van der Waals surface area (Å²) in [5.74, 6) is 1.26. The highest BCUT2D eigenvalue weighted by atomic mass is 32.2. The van der Waals surface area contributed by atoms with E-state index in [9.17, 15) is 0 Å². The molecule has 30 heavy (non-hydrogen) atoms. The van der Waals surface area contributed by atoms with Crippen molar-refractivity contribution in [3.63, 3.8) is 0 Å². The molecule has 0 aliphatic carbocycles. The third-order valence-electron chi connectivity index (χ3n) is 4.06. The number of nitrogens with one attached hydrogen (secondary N) is 2. The van der Waals surface area contributed by atoms with Gasteiger partial charge in [-0.2, -0.15) is 0 Å². The molecule has 0 unspecified atom stereocenters. The van der Waals surface area contributed by atoms with Gasteiger partial charge < -0.3 is 21.5 Å². The molecular weight excluding hydrogens is 392 g/mol. The lowest BCUT2D eigenvalue weighted by atomic mass is 10.2. The molecule has 4 rings (SSSR count). The first-order chi connectivity index (χ1) is 14.6. The van der Waals surface area contributed by atoms with E-state index in [1.807, 2.05) is 87.5 Å². The molecule has 0 aliphatic heterocycles. The molecular formula is C23H26N6S. The highest BCUT2D eigenvalue weighted by Crippen LogP contribution is 2.30. The van der Waals surface area contributed by atoms with Crippen LogP contribution in [0.1, 0.15) is 19.4 Å². The van der Waals surface area contributed by atoms with Gasteiger partial charge in [0.1, 0.15) is 0 Å². The number of para-hydroxylation sites is 2. The normalized spacial score (nSPS) is 10.2. The number of fused-ring (bicyclic) bond motifs is 1. The van der Waals surface area contributed by atoms with Crippen LogP contribution in [-0.2, 0) is 0 Å². The largest absolute Gasteiger partial charge is 0.399 e. The fraction of sp³-hybridized carbons (Fsp3) is 0.130. The van der Waals surface area contributed by atoms with Crippen LogP contribution in [-0.4, -0.2) is 9.97 Å². The minimum Gasteiger partial charge on any atom is -0.399 e. The summed E-state index contributed by atoms with van der Waals surface area (Å²) in [4.78, 5) is 10.5. The van der Waals surface area contributed by atoms with Gasteiger partial charge in [-0.3, -0.25) is 0 Å². The van der Waals surface area contributed by atoms with Gasteiger partial charge in [0, 0.05) is 22.0 Å². The maximum Gasteiger partial charge on any atom is 0.180 e. The second-order valence-electron chi connectivity index (χ2n) is 6.44. The molecule has 0 atom stereocenters. The standard InChI is InChI=1S/C21H20N6S.C2H6/c1-13-9-15(23)11-16(10-13)24-20-21(26-19-8-3-2-7-18(19)25-20)27-28-17-6-4-5-14(22)12-17;1-2/h2-12H,22-23H2,1H3,(H,24,25)(H,26,27);1-2H3. The monoisotopic (exact) mass is 418 g/mol. The number of nitrogens with zero attached hydrogens (tertiary/aromatic N) is 2. The van der Waals surface area contributed by atoms with Crippen molar-refractivity contribution in [1.29, 1.82) is 0 Å². The summed E-state index contributed by atoms with van der Waals surface area (Å²) < 4.78 is 3.29. The number of anilines is 5. The number of benzene rings is 3. The second kappa shape index (κ2) is 9.84. The quantitative estimate of drug-likeness (QED) is 0.233. The van der Waals surface area contributed by atoms with Crippen molar-refractivity contribution in [2.24, 2.45) is 0 Å². The SMILES string of the molecule is CC.Cc1cc(N)cc(Nc2nc3ccccc3nc2NSc2cccc(N)c2)c1. The van der Waals surface area contributed by atoms with Gasteiger partial charge in [-0.15, -0.1) is 0 Å². The summed E-state index contributed by atoms with van der Waals surface area (Å²) in [6, 6.07) is 21.2. The molecule has 0 saturated carbocycles. The van der Waals surface area contributed by atoms with E-state index < -0.39 is 0 Å². The highest BCUT2D eigenvalue weighted by molar-refractivity contribution is 8.00. The Kier molecular flexibility index (Phi) is 6.98. The van der Waals surface area contributed by atoms with Gasteiger partial charge in [0.25, 0.3) is 0 Å². The molecule has 0 bridgehead atoms. The predicted molar refractivity (Wildman–Crippen MR) is 130 cm³/mol. The minimum atomic E-state index is 0.625. The number of rotatable bonds is 5. The number of hydrogen-bond acceptors (Lipinski definition) is 7. The van der Waals surface area contributed by atoms with Crippen molar-refractivity contribution >= 4 is 51.7 Å². The van der Waals surface area contributed by atoms with Gasteiger partial charge in [-0.25, -0.2) is 9.97 Å². The molecule has 0 spiro atoms. The van der Waals surface area contributed by atoms with Crippen molar-refractivity contribution in [3.8, 4) is 0 Å². The van der Waals surface area contributed by atoms with Crippen LogP contribution < -0.4 is 21.5 Å². The van der Waals surface area contributed by atoms with Crippen LogP contribution in [0.3, 0.4) is 0 Å². The topological polar surface area (TPSA) is 102 Å². The maximum atomic E-state index is 5.98. The smallest absolute Gasteiger partial charge is 0.180 e.